The Morgan fingerprint density at radius 1 is 1.48 bits per heavy atom. The molecule has 1 unspecified atom stereocenters. The first kappa shape index (κ1) is 16.3. The van der Waals surface area contributed by atoms with Crippen molar-refractivity contribution in [2.24, 2.45) is 5.92 Å². The number of carbonyl (C=O) groups excluding carboxylic acids is 1. The van der Waals surface area contributed by atoms with Crippen LogP contribution in [0.25, 0.3) is 0 Å². The topological polar surface area (TPSA) is 78.4 Å². The van der Waals surface area contributed by atoms with E-state index >= 15 is 0 Å². The van der Waals surface area contributed by atoms with E-state index in [9.17, 15) is 9.90 Å². The summed E-state index contributed by atoms with van der Waals surface area (Å²) >= 11 is 1.42. The first-order valence-electron chi connectivity index (χ1n) is 7.35. The van der Waals surface area contributed by atoms with Crippen LogP contribution >= 0.6 is 11.3 Å². The highest BCUT2D eigenvalue weighted by Crippen LogP contribution is 2.27. The maximum Gasteiger partial charge on any atom is 0.240 e. The standard InChI is InChI=1S/C14H24N4O2S/c1-14(2,3)12-16-17-13(21-12)15-11(20)8-18-6-4-5-10(7-18)9-19/h10,19H,4-9H2,1-3H3,(H,15,17,20). The number of amides is 1. The van der Waals surface area contributed by atoms with Crippen molar-refractivity contribution in [1.82, 2.24) is 15.1 Å². The number of carbonyl (C=O) groups is 1. The van der Waals surface area contributed by atoms with Crippen molar-refractivity contribution in [2.75, 3.05) is 31.6 Å². The largest absolute Gasteiger partial charge is 0.396 e. The summed E-state index contributed by atoms with van der Waals surface area (Å²) in [5.41, 5.74) is -0.0537. The number of aliphatic hydroxyl groups excluding tert-OH is 1. The Balaban J connectivity index is 1.85. The van der Waals surface area contributed by atoms with Crippen molar-refractivity contribution in [3.8, 4) is 0 Å². The minimum absolute atomic E-state index is 0.0537. The van der Waals surface area contributed by atoms with Gasteiger partial charge in [0.1, 0.15) is 5.01 Å². The molecule has 0 aliphatic carbocycles. The van der Waals surface area contributed by atoms with Gasteiger partial charge >= 0.3 is 0 Å². The molecule has 7 heteroatoms. The van der Waals surface area contributed by atoms with Crippen LogP contribution in [0.2, 0.25) is 0 Å². The molecule has 21 heavy (non-hydrogen) atoms. The molecular formula is C14H24N4O2S. The summed E-state index contributed by atoms with van der Waals surface area (Å²) in [7, 11) is 0. The summed E-state index contributed by atoms with van der Waals surface area (Å²) in [4.78, 5) is 14.1. The van der Waals surface area contributed by atoms with E-state index in [1.54, 1.807) is 0 Å². The molecule has 1 amide bonds. The van der Waals surface area contributed by atoms with E-state index < -0.39 is 0 Å². The fraction of sp³-hybridized carbons (Fsp3) is 0.786. The Hall–Kier alpha value is -1.05. The first-order valence-corrected chi connectivity index (χ1v) is 8.17. The lowest BCUT2D eigenvalue weighted by Gasteiger charge is -2.30. The van der Waals surface area contributed by atoms with E-state index in [0.29, 0.717) is 17.6 Å². The van der Waals surface area contributed by atoms with Crippen molar-refractivity contribution in [3.63, 3.8) is 0 Å². The van der Waals surface area contributed by atoms with Crippen LogP contribution in [0.1, 0.15) is 38.6 Å². The van der Waals surface area contributed by atoms with Crippen molar-refractivity contribution < 1.29 is 9.90 Å². The van der Waals surface area contributed by atoms with E-state index in [1.807, 2.05) is 0 Å². The summed E-state index contributed by atoms with van der Waals surface area (Å²) in [6.45, 7) is 8.45. The molecule has 1 aromatic rings. The molecule has 1 aromatic heterocycles. The quantitative estimate of drug-likeness (QED) is 0.880. The van der Waals surface area contributed by atoms with Gasteiger partial charge < -0.3 is 5.11 Å². The van der Waals surface area contributed by atoms with Gasteiger partial charge in [-0.2, -0.15) is 0 Å². The molecule has 1 saturated heterocycles. The van der Waals surface area contributed by atoms with E-state index in [1.165, 1.54) is 11.3 Å². The van der Waals surface area contributed by atoms with Crippen LogP contribution in [0.15, 0.2) is 0 Å². The van der Waals surface area contributed by atoms with Gasteiger partial charge in [-0.15, -0.1) is 10.2 Å². The third kappa shape index (κ3) is 4.72. The predicted molar refractivity (Wildman–Crippen MR) is 83.5 cm³/mol. The number of likely N-dealkylation sites (tertiary alicyclic amines) is 1. The number of nitrogens with one attached hydrogen (secondary N) is 1. The highest BCUT2D eigenvalue weighted by molar-refractivity contribution is 7.15. The summed E-state index contributed by atoms with van der Waals surface area (Å²) in [6, 6.07) is 0. The average Bonchev–Trinajstić information content (AvgIpc) is 2.87. The Kier molecular flexibility index (Phi) is 5.29. The minimum Gasteiger partial charge on any atom is -0.396 e. The van der Waals surface area contributed by atoms with Crippen LogP contribution in [0.4, 0.5) is 5.13 Å². The second-order valence-corrected chi connectivity index (χ2v) is 7.61. The molecule has 0 saturated carbocycles. The lowest BCUT2D eigenvalue weighted by molar-refractivity contribution is -0.117. The molecule has 0 aromatic carbocycles. The van der Waals surface area contributed by atoms with Gasteiger partial charge in [0.15, 0.2) is 0 Å². The number of nitrogens with zero attached hydrogens (tertiary/aromatic N) is 3. The highest BCUT2D eigenvalue weighted by atomic mass is 32.1. The molecule has 1 fully saturated rings. The van der Waals surface area contributed by atoms with Gasteiger partial charge in [-0.25, -0.2) is 0 Å². The van der Waals surface area contributed by atoms with Crippen LogP contribution in [-0.2, 0) is 10.2 Å². The summed E-state index contributed by atoms with van der Waals surface area (Å²) in [5.74, 6) is 0.228. The molecule has 2 N–H and O–H groups in total. The SMILES string of the molecule is CC(C)(C)c1nnc(NC(=O)CN2CCCC(CO)C2)s1. The molecule has 0 spiro atoms. The Morgan fingerprint density at radius 2 is 2.24 bits per heavy atom. The summed E-state index contributed by atoms with van der Waals surface area (Å²) in [5, 5.41) is 21.6. The zero-order valence-electron chi connectivity index (χ0n) is 12.9. The van der Waals surface area contributed by atoms with E-state index in [4.69, 9.17) is 0 Å². The molecular weight excluding hydrogens is 288 g/mol. The van der Waals surface area contributed by atoms with Crippen molar-refractivity contribution in [1.29, 1.82) is 0 Å². The molecule has 0 bridgehead atoms. The Morgan fingerprint density at radius 3 is 2.86 bits per heavy atom. The summed E-state index contributed by atoms with van der Waals surface area (Å²) < 4.78 is 0. The van der Waals surface area contributed by atoms with Gasteiger partial charge in [0.05, 0.1) is 6.54 Å². The average molecular weight is 312 g/mol. The van der Waals surface area contributed by atoms with Crippen LogP contribution in [0.5, 0.6) is 0 Å². The lowest BCUT2D eigenvalue weighted by Crippen LogP contribution is -2.41. The van der Waals surface area contributed by atoms with Crippen LogP contribution in [0, 0.1) is 5.92 Å². The summed E-state index contributed by atoms with van der Waals surface area (Å²) in [6.07, 6.45) is 2.07. The second-order valence-electron chi connectivity index (χ2n) is 6.64. The number of aromatic nitrogens is 2. The van der Waals surface area contributed by atoms with Gasteiger partial charge in [-0.3, -0.25) is 15.0 Å². The first-order chi connectivity index (χ1) is 9.88. The molecule has 0 radical (unpaired) electrons. The van der Waals surface area contributed by atoms with E-state index in [2.05, 4.69) is 41.2 Å². The molecule has 1 aliphatic heterocycles. The van der Waals surface area contributed by atoms with Crippen LogP contribution in [-0.4, -0.2) is 52.4 Å². The van der Waals surface area contributed by atoms with Crippen LogP contribution in [0.3, 0.4) is 0 Å². The van der Waals surface area contributed by atoms with Gasteiger partial charge in [0, 0.05) is 18.6 Å². The van der Waals surface area contributed by atoms with Crippen molar-refractivity contribution >= 4 is 22.4 Å². The smallest absolute Gasteiger partial charge is 0.240 e. The van der Waals surface area contributed by atoms with Gasteiger partial charge in [0.2, 0.25) is 11.0 Å². The van der Waals surface area contributed by atoms with Gasteiger partial charge in [0.25, 0.3) is 0 Å². The monoisotopic (exact) mass is 312 g/mol. The van der Waals surface area contributed by atoms with Crippen molar-refractivity contribution in [2.45, 2.75) is 39.0 Å². The Labute approximate surface area is 129 Å². The van der Waals surface area contributed by atoms with Gasteiger partial charge in [-0.1, -0.05) is 32.1 Å². The number of hydrogen-bond acceptors (Lipinski definition) is 6. The maximum absolute atomic E-state index is 12.1. The maximum atomic E-state index is 12.1. The zero-order valence-corrected chi connectivity index (χ0v) is 13.7. The van der Waals surface area contributed by atoms with E-state index in [0.717, 1.165) is 30.9 Å². The number of hydrogen-bond donors (Lipinski definition) is 2. The number of aliphatic hydroxyl groups is 1. The van der Waals surface area contributed by atoms with Gasteiger partial charge in [-0.05, 0) is 25.3 Å². The fourth-order valence-electron chi connectivity index (χ4n) is 2.38. The number of rotatable bonds is 4. The second kappa shape index (κ2) is 6.81. The van der Waals surface area contributed by atoms with E-state index in [-0.39, 0.29) is 17.9 Å². The third-order valence-corrected chi connectivity index (χ3v) is 4.81. The minimum atomic E-state index is -0.0646. The molecule has 6 nitrogen and oxygen atoms in total. The Bertz CT molecular complexity index is 484. The molecule has 1 atom stereocenters. The fourth-order valence-corrected chi connectivity index (χ4v) is 3.20. The zero-order chi connectivity index (χ0) is 15.5. The highest BCUT2D eigenvalue weighted by Gasteiger charge is 2.23. The lowest BCUT2D eigenvalue weighted by atomic mass is 9.98. The number of anilines is 1. The molecule has 1 aliphatic rings. The normalized spacial score (nSPS) is 20.5. The number of piperidine rings is 1. The van der Waals surface area contributed by atoms with Crippen molar-refractivity contribution in [3.05, 3.63) is 5.01 Å². The predicted octanol–water partition coefficient (Wildman–Crippen LogP) is 1.48. The molecule has 2 rings (SSSR count). The molecule has 118 valence electrons. The molecule has 2 heterocycles. The third-order valence-electron chi connectivity index (χ3n) is 3.54. The van der Waals surface area contributed by atoms with Crippen LogP contribution < -0.4 is 5.32 Å².